The van der Waals surface area contributed by atoms with Gasteiger partial charge in [-0.15, -0.1) is 0 Å². The quantitative estimate of drug-likeness (QED) is 0.912. The molecule has 6 heteroatoms. The van der Waals surface area contributed by atoms with Crippen molar-refractivity contribution in [1.82, 2.24) is 0 Å². The molecule has 1 N–H and O–H groups in total. The van der Waals surface area contributed by atoms with Gasteiger partial charge in [-0.05, 0) is 30.3 Å². The number of benzene rings is 2. The second kappa shape index (κ2) is 6.11. The van der Waals surface area contributed by atoms with Crippen molar-refractivity contribution < 1.29 is 13.9 Å². The van der Waals surface area contributed by atoms with Crippen LogP contribution >= 0.6 is 23.2 Å². The summed E-state index contributed by atoms with van der Waals surface area (Å²) in [7, 11) is 1.40. The fraction of sp³-hybridized carbons (Fsp3) is 0.0714. The summed E-state index contributed by atoms with van der Waals surface area (Å²) in [5.74, 6) is -0.722. The van der Waals surface area contributed by atoms with E-state index >= 15 is 0 Å². The molecule has 20 heavy (non-hydrogen) atoms. The van der Waals surface area contributed by atoms with E-state index in [-0.39, 0.29) is 16.3 Å². The smallest absolute Gasteiger partial charge is 0.259 e. The molecule has 0 unspecified atom stereocenters. The Labute approximate surface area is 125 Å². The summed E-state index contributed by atoms with van der Waals surface area (Å²) in [6, 6.07) is 8.46. The van der Waals surface area contributed by atoms with Gasteiger partial charge in [0.25, 0.3) is 5.91 Å². The predicted octanol–water partition coefficient (Wildman–Crippen LogP) is 4.39. The van der Waals surface area contributed by atoms with E-state index in [1.807, 2.05) is 0 Å². The monoisotopic (exact) mass is 313 g/mol. The highest BCUT2D eigenvalue weighted by Gasteiger charge is 2.17. The average Bonchev–Trinajstić information content (AvgIpc) is 2.37. The normalized spacial score (nSPS) is 10.2. The molecule has 0 bridgehead atoms. The Morgan fingerprint density at radius 1 is 1.25 bits per heavy atom. The number of ether oxygens (including phenoxy) is 1. The van der Waals surface area contributed by atoms with Crippen LogP contribution in [0.5, 0.6) is 5.75 Å². The molecule has 0 fully saturated rings. The van der Waals surface area contributed by atoms with E-state index in [0.717, 1.165) is 0 Å². The van der Waals surface area contributed by atoms with Crippen LogP contribution in [0.1, 0.15) is 10.4 Å². The Hall–Kier alpha value is -1.78. The molecular weight excluding hydrogens is 304 g/mol. The zero-order valence-electron chi connectivity index (χ0n) is 10.4. The minimum absolute atomic E-state index is 0.175. The third-order valence-corrected chi connectivity index (χ3v) is 3.04. The molecule has 0 atom stereocenters. The molecule has 2 aromatic carbocycles. The standard InChI is InChI=1S/C14H10Cl2FNO2/c1-20-13-11(5-8(15)6-12(13)16)14(19)18-10-4-2-3-9(17)7-10/h2-7H,1H3,(H,18,19). The molecule has 3 nitrogen and oxygen atoms in total. The van der Waals surface area contributed by atoms with Crippen LogP contribution in [0.15, 0.2) is 36.4 Å². The van der Waals surface area contributed by atoms with E-state index in [0.29, 0.717) is 10.7 Å². The molecule has 0 heterocycles. The summed E-state index contributed by atoms with van der Waals surface area (Å²) in [6.45, 7) is 0. The fourth-order valence-electron chi connectivity index (χ4n) is 1.70. The molecule has 104 valence electrons. The van der Waals surface area contributed by atoms with Gasteiger partial charge in [0.05, 0.1) is 17.7 Å². The number of carbonyl (C=O) groups is 1. The number of nitrogens with one attached hydrogen (secondary N) is 1. The number of methoxy groups -OCH3 is 1. The Morgan fingerprint density at radius 3 is 2.65 bits per heavy atom. The minimum Gasteiger partial charge on any atom is -0.494 e. The Bertz CT molecular complexity index is 662. The summed E-state index contributed by atoms with van der Waals surface area (Å²) >= 11 is 11.8. The first-order chi connectivity index (χ1) is 9.51. The average molecular weight is 314 g/mol. The topological polar surface area (TPSA) is 38.3 Å². The lowest BCUT2D eigenvalue weighted by atomic mass is 10.1. The van der Waals surface area contributed by atoms with Crippen LogP contribution < -0.4 is 10.1 Å². The van der Waals surface area contributed by atoms with Crippen LogP contribution in [0.2, 0.25) is 10.0 Å². The van der Waals surface area contributed by atoms with Gasteiger partial charge in [-0.1, -0.05) is 29.3 Å². The summed E-state index contributed by atoms with van der Waals surface area (Å²) in [5, 5.41) is 3.08. The highest BCUT2D eigenvalue weighted by molar-refractivity contribution is 6.36. The zero-order chi connectivity index (χ0) is 14.7. The second-order valence-corrected chi connectivity index (χ2v) is 4.78. The van der Waals surface area contributed by atoms with Crippen molar-refractivity contribution in [3.8, 4) is 5.75 Å². The minimum atomic E-state index is -0.489. The molecule has 2 aromatic rings. The fourth-order valence-corrected chi connectivity index (χ4v) is 2.27. The molecule has 0 aliphatic rings. The van der Waals surface area contributed by atoms with E-state index in [1.165, 1.54) is 37.4 Å². The van der Waals surface area contributed by atoms with E-state index in [9.17, 15) is 9.18 Å². The third kappa shape index (κ3) is 3.21. The number of carbonyl (C=O) groups excluding carboxylic acids is 1. The van der Waals surface area contributed by atoms with Gasteiger partial charge in [-0.3, -0.25) is 4.79 Å². The lowest BCUT2D eigenvalue weighted by Gasteiger charge is -2.11. The highest BCUT2D eigenvalue weighted by atomic mass is 35.5. The Kier molecular flexibility index (Phi) is 4.47. The SMILES string of the molecule is COc1c(Cl)cc(Cl)cc1C(=O)Nc1cccc(F)c1. The van der Waals surface area contributed by atoms with Crippen molar-refractivity contribution in [1.29, 1.82) is 0 Å². The van der Waals surface area contributed by atoms with Gasteiger partial charge in [-0.25, -0.2) is 4.39 Å². The largest absolute Gasteiger partial charge is 0.494 e. The maximum atomic E-state index is 13.1. The first-order valence-corrected chi connectivity index (χ1v) is 6.37. The molecular formula is C14H10Cl2FNO2. The summed E-state index contributed by atoms with van der Waals surface area (Å²) < 4.78 is 18.2. The molecule has 0 saturated heterocycles. The Morgan fingerprint density at radius 2 is 2.00 bits per heavy atom. The first kappa shape index (κ1) is 14.6. The molecule has 0 aromatic heterocycles. The number of hydrogen-bond acceptors (Lipinski definition) is 2. The van der Waals surface area contributed by atoms with E-state index < -0.39 is 11.7 Å². The van der Waals surface area contributed by atoms with Gasteiger partial charge in [-0.2, -0.15) is 0 Å². The number of rotatable bonds is 3. The van der Waals surface area contributed by atoms with Crippen LogP contribution in [0.4, 0.5) is 10.1 Å². The summed E-state index contributed by atoms with van der Waals surface area (Å²) in [6.07, 6.45) is 0. The zero-order valence-corrected chi connectivity index (χ0v) is 11.9. The van der Waals surface area contributed by atoms with Crippen LogP contribution in [0.3, 0.4) is 0 Å². The lowest BCUT2D eigenvalue weighted by molar-refractivity contribution is 0.102. The Balaban J connectivity index is 2.34. The number of hydrogen-bond donors (Lipinski definition) is 1. The second-order valence-electron chi connectivity index (χ2n) is 3.93. The first-order valence-electron chi connectivity index (χ1n) is 5.61. The number of amides is 1. The van der Waals surface area contributed by atoms with Crippen molar-refractivity contribution in [2.75, 3.05) is 12.4 Å². The lowest BCUT2D eigenvalue weighted by Crippen LogP contribution is -2.13. The highest BCUT2D eigenvalue weighted by Crippen LogP contribution is 2.32. The van der Waals surface area contributed by atoms with Gasteiger partial charge in [0.2, 0.25) is 0 Å². The molecule has 0 radical (unpaired) electrons. The maximum absolute atomic E-state index is 13.1. The molecule has 0 saturated carbocycles. The number of halogens is 3. The van der Waals surface area contributed by atoms with Crippen molar-refractivity contribution in [3.05, 3.63) is 57.8 Å². The van der Waals surface area contributed by atoms with Crippen molar-refractivity contribution in [2.24, 2.45) is 0 Å². The van der Waals surface area contributed by atoms with E-state index in [4.69, 9.17) is 27.9 Å². The third-order valence-electron chi connectivity index (χ3n) is 2.54. The maximum Gasteiger partial charge on any atom is 0.259 e. The van der Waals surface area contributed by atoms with Gasteiger partial charge in [0.1, 0.15) is 11.6 Å². The van der Waals surface area contributed by atoms with Crippen LogP contribution in [-0.2, 0) is 0 Å². The van der Waals surface area contributed by atoms with Gasteiger partial charge >= 0.3 is 0 Å². The summed E-state index contributed by atoms with van der Waals surface area (Å²) in [5.41, 5.74) is 0.502. The van der Waals surface area contributed by atoms with Crippen LogP contribution in [0.25, 0.3) is 0 Å². The summed E-state index contributed by atoms with van der Waals surface area (Å²) in [4.78, 5) is 12.2. The molecule has 0 spiro atoms. The van der Waals surface area contributed by atoms with Crippen LogP contribution in [0, 0.1) is 5.82 Å². The predicted molar refractivity (Wildman–Crippen MR) is 77.4 cm³/mol. The van der Waals surface area contributed by atoms with Crippen molar-refractivity contribution >= 4 is 34.8 Å². The van der Waals surface area contributed by atoms with E-state index in [1.54, 1.807) is 6.07 Å². The van der Waals surface area contributed by atoms with Gasteiger partial charge in [0, 0.05) is 10.7 Å². The number of anilines is 1. The van der Waals surface area contributed by atoms with Crippen molar-refractivity contribution in [2.45, 2.75) is 0 Å². The molecule has 0 aliphatic heterocycles. The molecule has 1 amide bonds. The van der Waals surface area contributed by atoms with Gasteiger partial charge < -0.3 is 10.1 Å². The van der Waals surface area contributed by atoms with Crippen molar-refractivity contribution in [3.63, 3.8) is 0 Å². The van der Waals surface area contributed by atoms with Crippen LogP contribution in [-0.4, -0.2) is 13.0 Å². The van der Waals surface area contributed by atoms with Gasteiger partial charge in [0.15, 0.2) is 0 Å². The molecule has 2 rings (SSSR count). The van der Waals surface area contributed by atoms with E-state index in [2.05, 4.69) is 5.32 Å². The molecule has 0 aliphatic carbocycles.